The summed E-state index contributed by atoms with van der Waals surface area (Å²) in [5.74, 6) is 2.48. The van der Waals surface area contributed by atoms with Crippen molar-refractivity contribution in [1.82, 2.24) is 20.2 Å². The number of piperidine rings is 1. The Kier molecular flexibility index (Phi) is 9.76. The lowest BCUT2D eigenvalue weighted by molar-refractivity contribution is 0.467. The van der Waals surface area contributed by atoms with Crippen LogP contribution in [0.15, 0.2) is 47.7 Å². The second kappa shape index (κ2) is 12.0. The zero-order valence-corrected chi connectivity index (χ0v) is 20.2. The fourth-order valence-electron chi connectivity index (χ4n) is 3.68. The molecule has 3 rings (SSSR count). The van der Waals surface area contributed by atoms with Crippen molar-refractivity contribution in [2.24, 2.45) is 10.9 Å². The van der Waals surface area contributed by atoms with Gasteiger partial charge in [0.05, 0.1) is 0 Å². The Labute approximate surface area is 192 Å². The maximum absolute atomic E-state index is 4.81. The third kappa shape index (κ3) is 7.21. The van der Waals surface area contributed by atoms with E-state index in [4.69, 9.17) is 4.99 Å². The zero-order valence-electron chi connectivity index (χ0n) is 17.8. The molecule has 0 amide bonds. The summed E-state index contributed by atoms with van der Waals surface area (Å²) >= 11 is 0. The molecule has 0 spiro atoms. The van der Waals surface area contributed by atoms with Crippen LogP contribution in [0.4, 0.5) is 5.69 Å². The van der Waals surface area contributed by atoms with E-state index in [0.29, 0.717) is 18.5 Å². The standard InChI is InChI=1S/C22H34N6.HI/c1-4-23-22(25-15-21-24-12-14-28(21)16-18(2)3)26-19-9-8-13-27(17-19)20-10-6-5-7-11-20;/h5-7,10-12,14,18-19H,4,8-9,13,15-17H2,1-3H3,(H2,23,25,26);1H. The van der Waals surface area contributed by atoms with E-state index in [1.807, 2.05) is 12.4 Å². The van der Waals surface area contributed by atoms with Crippen LogP contribution in [0, 0.1) is 5.92 Å². The van der Waals surface area contributed by atoms with E-state index in [-0.39, 0.29) is 24.0 Å². The Morgan fingerprint density at radius 3 is 2.79 bits per heavy atom. The quantitative estimate of drug-likeness (QED) is 0.337. The molecule has 6 nitrogen and oxygen atoms in total. The van der Waals surface area contributed by atoms with Gasteiger partial charge in [0.15, 0.2) is 5.96 Å². The Bertz CT molecular complexity index is 743. The summed E-state index contributed by atoms with van der Waals surface area (Å²) in [6.07, 6.45) is 6.26. The van der Waals surface area contributed by atoms with Gasteiger partial charge in [-0.2, -0.15) is 0 Å². The largest absolute Gasteiger partial charge is 0.369 e. The van der Waals surface area contributed by atoms with Gasteiger partial charge in [-0.3, -0.25) is 0 Å². The van der Waals surface area contributed by atoms with Crippen molar-refractivity contribution in [2.45, 2.75) is 52.7 Å². The Hall–Kier alpha value is -1.77. The second-order valence-corrected chi connectivity index (χ2v) is 7.85. The van der Waals surface area contributed by atoms with Crippen molar-refractivity contribution in [3.05, 3.63) is 48.5 Å². The summed E-state index contributed by atoms with van der Waals surface area (Å²) in [6.45, 7) is 11.1. The number of benzene rings is 1. The van der Waals surface area contributed by atoms with Crippen molar-refractivity contribution >= 4 is 35.6 Å². The first-order chi connectivity index (χ1) is 13.7. The molecular formula is C22H35IN6. The van der Waals surface area contributed by atoms with Gasteiger partial charge >= 0.3 is 0 Å². The highest BCUT2D eigenvalue weighted by Gasteiger charge is 2.21. The van der Waals surface area contributed by atoms with Crippen LogP contribution in [0.25, 0.3) is 0 Å². The number of halogens is 1. The number of aromatic nitrogens is 2. The lowest BCUT2D eigenvalue weighted by atomic mass is 10.1. The fourth-order valence-corrected chi connectivity index (χ4v) is 3.68. The molecule has 1 aromatic heterocycles. The molecule has 0 bridgehead atoms. The number of hydrogen-bond donors (Lipinski definition) is 2. The van der Waals surface area contributed by atoms with Gasteiger partial charge in [0.1, 0.15) is 12.4 Å². The van der Waals surface area contributed by atoms with Gasteiger partial charge in [-0.1, -0.05) is 32.0 Å². The van der Waals surface area contributed by atoms with E-state index in [9.17, 15) is 0 Å². The minimum atomic E-state index is 0. The fraction of sp³-hybridized carbons (Fsp3) is 0.545. The third-order valence-corrected chi connectivity index (χ3v) is 4.97. The van der Waals surface area contributed by atoms with E-state index in [1.54, 1.807) is 0 Å². The van der Waals surface area contributed by atoms with E-state index in [2.05, 4.69) is 76.2 Å². The monoisotopic (exact) mass is 510 g/mol. The van der Waals surface area contributed by atoms with Crippen molar-refractivity contribution in [1.29, 1.82) is 0 Å². The predicted octanol–water partition coefficient (Wildman–Crippen LogP) is 3.88. The molecule has 1 aliphatic rings. The minimum absolute atomic E-state index is 0. The number of para-hydroxylation sites is 1. The molecule has 0 radical (unpaired) electrons. The molecule has 1 aliphatic heterocycles. The van der Waals surface area contributed by atoms with Gasteiger partial charge in [-0.25, -0.2) is 9.98 Å². The number of nitrogens with one attached hydrogen (secondary N) is 2. The molecule has 2 aromatic rings. The summed E-state index contributed by atoms with van der Waals surface area (Å²) in [5.41, 5.74) is 1.30. The van der Waals surface area contributed by atoms with Crippen molar-refractivity contribution in [3.63, 3.8) is 0 Å². The van der Waals surface area contributed by atoms with Crippen LogP contribution in [-0.2, 0) is 13.1 Å². The molecule has 1 atom stereocenters. The molecule has 0 saturated carbocycles. The van der Waals surface area contributed by atoms with Gasteiger partial charge < -0.3 is 20.1 Å². The zero-order chi connectivity index (χ0) is 19.8. The second-order valence-electron chi connectivity index (χ2n) is 7.85. The number of imidazole rings is 1. The molecule has 2 N–H and O–H groups in total. The van der Waals surface area contributed by atoms with Crippen LogP contribution in [0.3, 0.4) is 0 Å². The van der Waals surface area contributed by atoms with Gasteiger partial charge in [-0.15, -0.1) is 24.0 Å². The summed E-state index contributed by atoms with van der Waals surface area (Å²) in [5, 5.41) is 7.03. The lowest BCUT2D eigenvalue weighted by Gasteiger charge is -2.35. The van der Waals surface area contributed by atoms with Crippen molar-refractivity contribution in [3.8, 4) is 0 Å². The van der Waals surface area contributed by atoms with Gasteiger partial charge in [0, 0.05) is 50.3 Å². The SMILES string of the molecule is CCNC(=NCc1nccn1CC(C)C)NC1CCCN(c2ccccc2)C1.I. The molecule has 29 heavy (non-hydrogen) atoms. The first-order valence-corrected chi connectivity index (χ1v) is 10.5. The van der Waals surface area contributed by atoms with Crippen LogP contribution in [0.2, 0.25) is 0 Å². The Balaban J connectivity index is 0.00000300. The highest BCUT2D eigenvalue weighted by Crippen LogP contribution is 2.19. The van der Waals surface area contributed by atoms with Gasteiger partial charge in [0.25, 0.3) is 0 Å². The summed E-state index contributed by atoms with van der Waals surface area (Å²) in [6, 6.07) is 11.1. The molecule has 1 aromatic carbocycles. The first-order valence-electron chi connectivity index (χ1n) is 10.5. The van der Waals surface area contributed by atoms with E-state index >= 15 is 0 Å². The normalized spacial score (nSPS) is 17.2. The maximum atomic E-state index is 4.81. The van der Waals surface area contributed by atoms with Crippen LogP contribution in [0.1, 0.15) is 39.4 Å². The third-order valence-electron chi connectivity index (χ3n) is 4.97. The molecule has 1 fully saturated rings. The molecule has 1 unspecified atom stereocenters. The highest BCUT2D eigenvalue weighted by molar-refractivity contribution is 14.0. The maximum Gasteiger partial charge on any atom is 0.191 e. The van der Waals surface area contributed by atoms with Crippen LogP contribution in [-0.4, -0.2) is 41.2 Å². The molecule has 1 saturated heterocycles. The average molecular weight is 510 g/mol. The van der Waals surface area contributed by atoms with Crippen molar-refractivity contribution in [2.75, 3.05) is 24.5 Å². The van der Waals surface area contributed by atoms with Crippen LogP contribution < -0.4 is 15.5 Å². The van der Waals surface area contributed by atoms with Gasteiger partial charge in [-0.05, 0) is 37.8 Å². The molecule has 2 heterocycles. The van der Waals surface area contributed by atoms with Crippen LogP contribution in [0.5, 0.6) is 0 Å². The average Bonchev–Trinajstić information content (AvgIpc) is 3.13. The first kappa shape index (κ1) is 23.5. The van der Waals surface area contributed by atoms with Crippen molar-refractivity contribution < 1.29 is 0 Å². The highest BCUT2D eigenvalue weighted by atomic mass is 127. The number of aliphatic imine (C=N–C) groups is 1. The molecule has 0 aliphatic carbocycles. The number of nitrogens with zero attached hydrogens (tertiary/aromatic N) is 4. The Morgan fingerprint density at radius 2 is 2.07 bits per heavy atom. The van der Waals surface area contributed by atoms with Crippen LogP contribution >= 0.6 is 24.0 Å². The van der Waals surface area contributed by atoms with E-state index in [1.165, 1.54) is 12.1 Å². The number of rotatable bonds is 7. The molecule has 7 heteroatoms. The lowest BCUT2D eigenvalue weighted by Crippen LogP contribution is -2.51. The topological polar surface area (TPSA) is 57.5 Å². The van der Waals surface area contributed by atoms with E-state index < -0.39 is 0 Å². The number of hydrogen-bond acceptors (Lipinski definition) is 3. The summed E-state index contributed by atoms with van der Waals surface area (Å²) in [4.78, 5) is 11.8. The van der Waals surface area contributed by atoms with Gasteiger partial charge in [0.2, 0.25) is 0 Å². The number of guanidine groups is 1. The minimum Gasteiger partial charge on any atom is -0.369 e. The molecule has 160 valence electrons. The summed E-state index contributed by atoms with van der Waals surface area (Å²) < 4.78 is 2.20. The summed E-state index contributed by atoms with van der Waals surface area (Å²) in [7, 11) is 0. The molecular weight excluding hydrogens is 475 g/mol. The smallest absolute Gasteiger partial charge is 0.191 e. The Morgan fingerprint density at radius 1 is 1.28 bits per heavy atom. The predicted molar refractivity (Wildman–Crippen MR) is 132 cm³/mol. The number of anilines is 1. The van der Waals surface area contributed by atoms with E-state index in [0.717, 1.165) is 44.4 Å².